The van der Waals surface area contributed by atoms with Crippen LogP contribution in [-0.4, -0.2) is 26.9 Å². The Morgan fingerprint density at radius 1 is 1.25 bits per heavy atom. The van der Waals surface area contributed by atoms with Crippen molar-refractivity contribution in [3.8, 4) is 5.75 Å². The summed E-state index contributed by atoms with van der Waals surface area (Å²) in [6, 6.07) is 7.70. The first-order valence-corrected chi connectivity index (χ1v) is 6.24. The van der Waals surface area contributed by atoms with Crippen LogP contribution in [0.3, 0.4) is 0 Å². The minimum Gasteiger partial charge on any atom is -0.497 e. The average molecular weight is 269 g/mol. The molecule has 2 heterocycles. The number of methoxy groups -OCH3 is 1. The van der Waals surface area contributed by atoms with Crippen molar-refractivity contribution in [1.82, 2.24) is 19.7 Å². The molecule has 0 aliphatic carbocycles. The van der Waals surface area contributed by atoms with Gasteiger partial charge in [-0.15, -0.1) is 0 Å². The number of fused-ring (bicyclic) bond motifs is 1. The standard InChI is InChI=1S/C14H15N5O/c1-9-12-13(15-8-16-14(12)19(2)18-9)17-10-5-4-6-11(7-10)20-3/h4-8H,1-3H3,(H,15,16,17). The number of nitrogens with zero attached hydrogens (tertiary/aromatic N) is 4. The lowest BCUT2D eigenvalue weighted by Crippen LogP contribution is -1.97. The van der Waals surface area contributed by atoms with Gasteiger partial charge in [-0.3, -0.25) is 4.68 Å². The van der Waals surface area contributed by atoms with Gasteiger partial charge >= 0.3 is 0 Å². The normalized spacial score (nSPS) is 10.8. The van der Waals surface area contributed by atoms with Crippen molar-refractivity contribution in [1.29, 1.82) is 0 Å². The van der Waals surface area contributed by atoms with Gasteiger partial charge in [-0.1, -0.05) is 6.07 Å². The quantitative estimate of drug-likeness (QED) is 0.791. The maximum atomic E-state index is 5.22. The van der Waals surface area contributed by atoms with E-state index in [1.807, 2.05) is 38.2 Å². The van der Waals surface area contributed by atoms with Crippen LogP contribution >= 0.6 is 0 Å². The predicted molar refractivity (Wildman–Crippen MR) is 77.3 cm³/mol. The molecule has 0 amide bonds. The van der Waals surface area contributed by atoms with Crippen LogP contribution < -0.4 is 10.1 Å². The topological polar surface area (TPSA) is 64.9 Å². The lowest BCUT2D eigenvalue weighted by Gasteiger charge is -2.08. The number of aromatic nitrogens is 4. The van der Waals surface area contributed by atoms with Crippen LogP contribution in [0, 0.1) is 6.92 Å². The number of anilines is 2. The van der Waals surface area contributed by atoms with Crippen LogP contribution in [0.15, 0.2) is 30.6 Å². The molecule has 0 saturated carbocycles. The highest BCUT2D eigenvalue weighted by molar-refractivity contribution is 5.90. The van der Waals surface area contributed by atoms with E-state index in [4.69, 9.17) is 4.74 Å². The van der Waals surface area contributed by atoms with Gasteiger partial charge in [-0.05, 0) is 19.1 Å². The van der Waals surface area contributed by atoms with Gasteiger partial charge in [0.25, 0.3) is 0 Å². The van der Waals surface area contributed by atoms with Gasteiger partial charge in [0.1, 0.15) is 17.9 Å². The molecule has 102 valence electrons. The Morgan fingerprint density at radius 2 is 2.10 bits per heavy atom. The fourth-order valence-corrected chi connectivity index (χ4v) is 2.21. The lowest BCUT2D eigenvalue weighted by molar-refractivity contribution is 0.415. The molecule has 6 nitrogen and oxygen atoms in total. The summed E-state index contributed by atoms with van der Waals surface area (Å²) in [6.45, 7) is 1.95. The van der Waals surface area contributed by atoms with E-state index in [1.165, 1.54) is 6.33 Å². The van der Waals surface area contributed by atoms with Crippen molar-refractivity contribution in [3.05, 3.63) is 36.3 Å². The zero-order valence-electron chi connectivity index (χ0n) is 11.6. The van der Waals surface area contributed by atoms with Gasteiger partial charge in [0.15, 0.2) is 5.65 Å². The number of hydrogen-bond donors (Lipinski definition) is 1. The Labute approximate surface area is 116 Å². The second-order valence-electron chi connectivity index (χ2n) is 4.49. The van der Waals surface area contributed by atoms with Gasteiger partial charge < -0.3 is 10.1 Å². The molecule has 1 N–H and O–H groups in total. The predicted octanol–water partition coefficient (Wildman–Crippen LogP) is 2.42. The molecule has 6 heteroatoms. The maximum Gasteiger partial charge on any atom is 0.163 e. The van der Waals surface area contributed by atoms with Crippen molar-refractivity contribution in [2.24, 2.45) is 7.05 Å². The molecule has 3 rings (SSSR count). The second kappa shape index (κ2) is 4.80. The second-order valence-corrected chi connectivity index (χ2v) is 4.49. The van der Waals surface area contributed by atoms with E-state index in [2.05, 4.69) is 20.4 Å². The fourth-order valence-electron chi connectivity index (χ4n) is 2.21. The summed E-state index contributed by atoms with van der Waals surface area (Å²) < 4.78 is 6.97. The van der Waals surface area contributed by atoms with Crippen LogP contribution in [0.2, 0.25) is 0 Å². The molecule has 0 aliphatic rings. The number of benzene rings is 1. The van der Waals surface area contributed by atoms with Crippen molar-refractivity contribution >= 4 is 22.5 Å². The molecule has 0 radical (unpaired) electrons. The molecule has 1 aromatic carbocycles. The number of nitrogens with one attached hydrogen (secondary N) is 1. The summed E-state index contributed by atoms with van der Waals surface area (Å²) in [5.74, 6) is 1.54. The maximum absolute atomic E-state index is 5.22. The molecule has 2 aromatic heterocycles. The number of rotatable bonds is 3. The molecule has 20 heavy (non-hydrogen) atoms. The summed E-state index contributed by atoms with van der Waals surface area (Å²) in [7, 11) is 3.52. The van der Waals surface area contributed by atoms with Crippen LogP contribution in [0.25, 0.3) is 11.0 Å². The highest BCUT2D eigenvalue weighted by atomic mass is 16.5. The van der Waals surface area contributed by atoms with E-state index < -0.39 is 0 Å². The molecule has 0 spiro atoms. The van der Waals surface area contributed by atoms with Crippen LogP contribution in [0.1, 0.15) is 5.69 Å². The number of aryl methyl sites for hydroxylation is 2. The molecule has 0 saturated heterocycles. The third-order valence-electron chi connectivity index (χ3n) is 3.13. The van der Waals surface area contributed by atoms with E-state index in [0.29, 0.717) is 0 Å². The monoisotopic (exact) mass is 269 g/mol. The van der Waals surface area contributed by atoms with E-state index in [9.17, 15) is 0 Å². The SMILES string of the molecule is COc1cccc(Nc2ncnc3c2c(C)nn3C)c1. The van der Waals surface area contributed by atoms with Crippen LogP contribution in [0.4, 0.5) is 11.5 Å². The Hall–Kier alpha value is -2.63. The van der Waals surface area contributed by atoms with Gasteiger partial charge in [0.2, 0.25) is 0 Å². The summed E-state index contributed by atoms with van der Waals surface area (Å²) in [5.41, 5.74) is 2.61. The lowest BCUT2D eigenvalue weighted by atomic mass is 10.2. The molecule has 3 aromatic rings. The third-order valence-corrected chi connectivity index (χ3v) is 3.13. The smallest absolute Gasteiger partial charge is 0.163 e. The first-order valence-electron chi connectivity index (χ1n) is 6.24. The summed E-state index contributed by atoms with van der Waals surface area (Å²) in [4.78, 5) is 8.58. The minimum atomic E-state index is 0.744. The number of hydrogen-bond acceptors (Lipinski definition) is 5. The zero-order valence-corrected chi connectivity index (χ0v) is 11.6. The van der Waals surface area contributed by atoms with Crippen molar-refractivity contribution in [3.63, 3.8) is 0 Å². The van der Waals surface area contributed by atoms with E-state index in [-0.39, 0.29) is 0 Å². The molecular formula is C14H15N5O. The summed E-state index contributed by atoms with van der Waals surface area (Å²) >= 11 is 0. The first-order chi connectivity index (χ1) is 9.69. The van der Waals surface area contributed by atoms with Gasteiger partial charge in [0, 0.05) is 18.8 Å². The Bertz CT molecular complexity index is 765. The Morgan fingerprint density at radius 3 is 2.90 bits per heavy atom. The molecule has 0 aliphatic heterocycles. The van der Waals surface area contributed by atoms with Crippen LogP contribution in [0.5, 0.6) is 5.75 Å². The molecule has 0 fully saturated rings. The third kappa shape index (κ3) is 2.05. The van der Waals surface area contributed by atoms with Crippen molar-refractivity contribution in [2.45, 2.75) is 6.92 Å². The molecular weight excluding hydrogens is 254 g/mol. The molecule has 0 unspecified atom stereocenters. The largest absolute Gasteiger partial charge is 0.497 e. The van der Waals surface area contributed by atoms with Gasteiger partial charge in [-0.2, -0.15) is 5.10 Å². The van der Waals surface area contributed by atoms with Crippen LogP contribution in [-0.2, 0) is 7.05 Å². The van der Waals surface area contributed by atoms with E-state index >= 15 is 0 Å². The Kier molecular flexibility index (Phi) is 2.98. The van der Waals surface area contributed by atoms with Crippen molar-refractivity contribution in [2.75, 3.05) is 12.4 Å². The van der Waals surface area contributed by atoms with Gasteiger partial charge in [-0.25, -0.2) is 9.97 Å². The van der Waals surface area contributed by atoms with Crippen molar-refractivity contribution < 1.29 is 4.74 Å². The Balaban J connectivity index is 2.06. The van der Waals surface area contributed by atoms with Gasteiger partial charge in [0.05, 0.1) is 18.2 Å². The highest BCUT2D eigenvalue weighted by Gasteiger charge is 2.12. The zero-order chi connectivity index (χ0) is 14.1. The van der Waals surface area contributed by atoms with E-state index in [1.54, 1.807) is 11.8 Å². The molecule has 0 atom stereocenters. The molecule has 0 bridgehead atoms. The fraction of sp³-hybridized carbons (Fsp3) is 0.214. The summed E-state index contributed by atoms with van der Waals surface area (Å²) in [6.07, 6.45) is 1.53. The minimum absolute atomic E-state index is 0.744. The average Bonchev–Trinajstić information content (AvgIpc) is 2.75. The highest BCUT2D eigenvalue weighted by Crippen LogP contribution is 2.26. The summed E-state index contributed by atoms with van der Waals surface area (Å²) in [5, 5.41) is 8.60. The number of ether oxygens (including phenoxy) is 1. The first kappa shape index (κ1) is 12.4. The van der Waals surface area contributed by atoms with E-state index in [0.717, 1.165) is 34.0 Å².